The van der Waals surface area contributed by atoms with E-state index in [0.717, 1.165) is 33.3 Å². The van der Waals surface area contributed by atoms with Crippen LogP contribution in [-0.2, 0) is 12.3 Å². The summed E-state index contributed by atoms with van der Waals surface area (Å²) in [6.07, 6.45) is 1.73. The maximum Gasteiger partial charge on any atom is 0.209 e. The van der Waals surface area contributed by atoms with Crippen LogP contribution in [0.25, 0.3) is 17.1 Å². The van der Waals surface area contributed by atoms with E-state index in [2.05, 4.69) is 32.6 Å². The third-order valence-corrected chi connectivity index (χ3v) is 6.34. The molecule has 0 N–H and O–H groups in total. The predicted octanol–water partition coefficient (Wildman–Crippen LogP) is 5.01. The first-order valence-corrected chi connectivity index (χ1v) is 11.6. The lowest BCUT2D eigenvalue weighted by atomic mass is 10.2. The molecule has 0 fully saturated rings. The Morgan fingerprint density at radius 2 is 1.68 bits per heavy atom. The molecule has 0 spiro atoms. The number of methoxy groups -OCH3 is 1. The van der Waals surface area contributed by atoms with Gasteiger partial charge < -0.3 is 4.74 Å². The number of hydrogen-bond acceptors (Lipinski definition) is 6. The zero-order chi connectivity index (χ0) is 23.3. The first kappa shape index (κ1) is 21.8. The summed E-state index contributed by atoms with van der Waals surface area (Å²) in [5.74, 6) is 1.72. The molecule has 0 unspecified atom stereocenters. The fraction of sp³-hybridized carbons (Fsp3) is 0.120. The van der Waals surface area contributed by atoms with Crippen LogP contribution in [0.1, 0.15) is 11.1 Å². The predicted molar refractivity (Wildman–Crippen MR) is 128 cm³/mol. The number of aromatic nitrogens is 6. The number of benzene rings is 3. The summed E-state index contributed by atoms with van der Waals surface area (Å²) in [5.41, 5.74) is 3.74. The molecule has 0 saturated heterocycles. The van der Waals surface area contributed by atoms with E-state index in [1.807, 2.05) is 42.5 Å². The lowest BCUT2D eigenvalue weighted by molar-refractivity contribution is 0.414. The van der Waals surface area contributed by atoms with Gasteiger partial charge in [-0.25, -0.2) is 9.07 Å². The number of thioether (sulfide) groups is 1. The van der Waals surface area contributed by atoms with Crippen LogP contribution in [-0.4, -0.2) is 37.1 Å². The summed E-state index contributed by atoms with van der Waals surface area (Å²) in [5, 5.41) is 18.5. The normalized spacial score (nSPS) is 11.0. The van der Waals surface area contributed by atoms with Crippen LogP contribution >= 0.6 is 11.8 Å². The average molecular weight is 473 g/mol. The Hall–Kier alpha value is -3.98. The molecule has 0 atom stereocenters. The standard InChI is InChI=1S/C25H21FN6OS/c1-33-22-13-7-18(8-14-22)16-31-29-24(28-30-31)23-15-27-32(21-11-9-20(26)10-12-21)25(23)34-17-19-5-3-2-4-6-19/h2-15H,16-17H2,1H3. The summed E-state index contributed by atoms with van der Waals surface area (Å²) in [6, 6.07) is 24.2. The molecule has 0 radical (unpaired) electrons. The van der Waals surface area contributed by atoms with E-state index in [9.17, 15) is 4.39 Å². The molecule has 5 aromatic rings. The maximum absolute atomic E-state index is 13.5. The van der Waals surface area contributed by atoms with Gasteiger partial charge in [0.15, 0.2) is 0 Å². The molecule has 5 rings (SSSR count). The van der Waals surface area contributed by atoms with Crippen LogP contribution in [0.2, 0.25) is 0 Å². The van der Waals surface area contributed by atoms with Crippen LogP contribution in [0, 0.1) is 5.82 Å². The minimum Gasteiger partial charge on any atom is -0.497 e. The number of hydrogen-bond donors (Lipinski definition) is 0. The first-order chi connectivity index (χ1) is 16.7. The van der Waals surface area contributed by atoms with Crippen LogP contribution < -0.4 is 4.74 Å². The summed E-state index contributed by atoms with van der Waals surface area (Å²) >= 11 is 1.62. The second-order valence-corrected chi connectivity index (χ2v) is 8.48. The summed E-state index contributed by atoms with van der Waals surface area (Å²) in [4.78, 5) is 1.55. The fourth-order valence-corrected chi connectivity index (χ4v) is 4.50. The van der Waals surface area contributed by atoms with Crippen molar-refractivity contribution >= 4 is 11.8 Å². The van der Waals surface area contributed by atoms with Crippen molar-refractivity contribution in [3.05, 3.63) is 102 Å². The minimum atomic E-state index is -0.294. The monoisotopic (exact) mass is 472 g/mol. The molecule has 7 nitrogen and oxygen atoms in total. The Morgan fingerprint density at radius 3 is 2.41 bits per heavy atom. The Kier molecular flexibility index (Phi) is 6.35. The van der Waals surface area contributed by atoms with Gasteiger partial charge in [-0.3, -0.25) is 0 Å². The van der Waals surface area contributed by atoms with Crippen molar-refractivity contribution in [2.75, 3.05) is 7.11 Å². The van der Waals surface area contributed by atoms with Crippen molar-refractivity contribution in [2.24, 2.45) is 0 Å². The molecule has 9 heteroatoms. The van der Waals surface area contributed by atoms with Gasteiger partial charge in [0.1, 0.15) is 16.6 Å². The molecule has 0 amide bonds. The zero-order valence-electron chi connectivity index (χ0n) is 18.4. The maximum atomic E-state index is 13.5. The van der Waals surface area contributed by atoms with Crippen molar-refractivity contribution < 1.29 is 9.13 Å². The van der Waals surface area contributed by atoms with Gasteiger partial charge in [-0.15, -0.1) is 22.0 Å². The van der Waals surface area contributed by atoms with Crippen molar-refractivity contribution in [3.63, 3.8) is 0 Å². The lowest BCUT2D eigenvalue weighted by Crippen LogP contribution is -2.04. The molecule has 0 aliphatic rings. The number of halogens is 1. The highest BCUT2D eigenvalue weighted by Crippen LogP contribution is 2.33. The van der Waals surface area contributed by atoms with E-state index >= 15 is 0 Å². The van der Waals surface area contributed by atoms with Crippen LogP contribution in [0.15, 0.2) is 90.1 Å². The molecule has 0 saturated carbocycles. The van der Waals surface area contributed by atoms with Gasteiger partial charge in [-0.1, -0.05) is 42.5 Å². The van der Waals surface area contributed by atoms with Crippen molar-refractivity contribution in [1.82, 2.24) is 30.0 Å². The SMILES string of the molecule is COc1ccc(Cn2nnc(-c3cnn(-c4ccc(F)cc4)c3SCc3ccccc3)n2)cc1. The molecule has 2 aromatic heterocycles. The van der Waals surface area contributed by atoms with Crippen molar-refractivity contribution in [1.29, 1.82) is 0 Å². The number of ether oxygens (including phenoxy) is 1. The van der Waals surface area contributed by atoms with Gasteiger partial charge in [-0.05, 0) is 52.7 Å². The molecule has 0 bridgehead atoms. The highest BCUT2D eigenvalue weighted by Gasteiger charge is 2.19. The molecule has 170 valence electrons. The van der Waals surface area contributed by atoms with Crippen LogP contribution in [0.3, 0.4) is 0 Å². The van der Waals surface area contributed by atoms with Crippen molar-refractivity contribution in [3.8, 4) is 22.8 Å². The van der Waals surface area contributed by atoms with Crippen LogP contribution in [0.4, 0.5) is 4.39 Å². The lowest BCUT2D eigenvalue weighted by Gasteiger charge is -2.09. The largest absolute Gasteiger partial charge is 0.497 e. The second-order valence-electron chi connectivity index (χ2n) is 7.52. The number of nitrogens with zero attached hydrogens (tertiary/aromatic N) is 6. The molecule has 34 heavy (non-hydrogen) atoms. The van der Waals surface area contributed by atoms with Gasteiger partial charge in [0.05, 0.1) is 31.1 Å². The highest BCUT2D eigenvalue weighted by molar-refractivity contribution is 7.98. The van der Waals surface area contributed by atoms with E-state index in [4.69, 9.17) is 4.74 Å². The molecule has 2 heterocycles. The Bertz CT molecular complexity index is 1370. The topological polar surface area (TPSA) is 70.7 Å². The number of rotatable bonds is 8. The fourth-order valence-electron chi connectivity index (χ4n) is 3.43. The molecular formula is C25H21FN6OS. The third-order valence-electron chi connectivity index (χ3n) is 5.19. The Labute approximate surface area is 200 Å². The van der Waals surface area contributed by atoms with E-state index in [1.54, 1.807) is 46.7 Å². The smallest absolute Gasteiger partial charge is 0.209 e. The van der Waals surface area contributed by atoms with Gasteiger partial charge in [0.25, 0.3) is 0 Å². The van der Waals surface area contributed by atoms with Gasteiger partial charge >= 0.3 is 0 Å². The second kappa shape index (κ2) is 9.88. The van der Waals surface area contributed by atoms with E-state index in [1.165, 1.54) is 17.7 Å². The van der Waals surface area contributed by atoms with Gasteiger partial charge in [-0.2, -0.15) is 9.90 Å². The van der Waals surface area contributed by atoms with Crippen molar-refractivity contribution in [2.45, 2.75) is 17.3 Å². The molecule has 0 aliphatic heterocycles. The van der Waals surface area contributed by atoms with E-state index < -0.39 is 0 Å². The molecule has 3 aromatic carbocycles. The first-order valence-electron chi connectivity index (χ1n) is 10.6. The average Bonchev–Trinajstić information content (AvgIpc) is 3.51. The third kappa shape index (κ3) is 4.84. The van der Waals surface area contributed by atoms with E-state index in [-0.39, 0.29) is 5.82 Å². The Balaban J connectivity index is 1.45. The van der Waals surface area contributed by atoms with Gasteiger partial charge in [0.2, 0.25) is 5.82 Å². The van der Waals surface area contributed by atoms with Crippen LogP contribution in [0.5, 0.6) is 5.75 Å². The molecular weight excluding hydrogens is 451 g/mol. The Morgan fingerprint density at radius 1 is 0.912 bits per heavy atom. The summed E-state index contributed by atoms with van der Waals surface area (Å²) in [6.45, 7) is 0.482. The highest BCUT2D eigenvalue weighted by atomic mass is 32.2. The summed E-state index contributed by atoms with van der Waals surface area (Å²) < 4.78 is 20.5. The quantitative estimate of drug-likeness (QED) is 0.296. The van der Waals surface area contributed by atoms with Gasteiger partial charge in [0, 0.05) is 5.75 Å². The van der Waals surface area contributed by atoms with E-state index in [0.29, 0.717) is 12.4 Å². The summed E-state index contributed by atoms with van der Waals surface area (Å²) in [7, 11) is 1.64. The minimum absolute atomic E-state index is 0.294. The molecule has 0 aliphatic carbocycles. The zero-order valence-corrected chi connectivity index (χ0v) is 19.2. The number of tetrazole rings is 1.